The summed E-state index contributed by atoms with van der Waals surface area (Å²) in [6.07, 6.45) is 1.87. The van der Waals surface area contributed by atoms with Crippen LogP contribution in [0.25, 0.3) is 0 Å². The molecule has 1 atom stereocenters. The van der Waals surface area contributed by atoms with Gasteiger partial charge in [-0.2, -0.15) is 0 Å². The molecule has 7 heteroatoms. The molecule has 6 nitrogen and oxygen atoms in total. The van der Waals surface area contributed by atoms with E-state index < -0.39 is 11.6 Å². The maximum absolute atomic E-state index is 14.4. The van der Waals surface area contributed by atoms with Crippen LogP contribution in [-0.2, 0) is 9.59 Å². The summed E-state index contributed by atoms with van der Waals surface area (Å²) >= 11 is 0. The molecule has 0 aliphatic carbocycles. The van der Waals surface area contributed by atoms with E-state index >= 15 is 0 Å². The molecule has 3 rings (SSSR count). The zero-order valence-electron chi connectivity index (χ0n) is 13.6. The number of carbonyl (C=O) groups excluding carboxylic acids is 2. The Labute approximate surface area is 140 Å². The summed E-state index contributed by atoms with van der Waals surface area (Å²) in [6.45, 7) is 3.00. The van der Waals surface area contributed by atoms with Gasteiger partial charge >= 0.3 is 0 Å². The molecular formula is C17H22FN3O3. The average Bonchev–Trinajstić information content (AvgIpc) is 2.51. The van der Waals surface area contributed by atoms with Gasteiger partial charge in [-0.15, -0.1) is 0 Å². The topological polar surface area (TPSA) is 81.7 Å². The number of halogens is 1. The second-order valence-electron chi connectivity index (χ2n) is 6.80. The highest BCUT2D eigenvalue weighted by molar-refractivity contribution is 6.01. The number of hydrogen-bond donors (Lipinski definition) is 3. The standard InChI is InChI=1S/C17H22FN3O3/c1-17(24)6-8-21(9-7-17)14-4-2-11(10-12(14)18)19-13-3-5-15(22)20-16(13)23/h2,4,10,13,19,24H,3,5-9H2,1H3,(H,20,22,23). The van der Waals surface area contributed by atoms with E-state index in [2.05, 4.69) is 10.6 Å². The molecule has 0 aromatic heterocycles. The van der Waals surface area contributed by atoms with Gasteiger partial charge in [-0.25, -0.2) is 4.39 Å². The molecule has 2 amide bonds. The summed E-state index contributed by atoms with van der Waals surface area (Å²) in [6, 6.07) is 4.25. The molecule has 1 aromatic rings. The molecule has 3 N–H and O–H groups in total. The number of hydrogen-bond acceptors (Lipinski definition) is 5. The van der Waals surface area contributed by atoms with Crippen LogP contribution in [-0.4, -0.2) is 41.7 Å². The van der Waals surface area contributed by atoms with Crippen molar-refractivity contribution in [3.63, 3.8) is 0 Å². The number of nitrogens with zero attached hydrogens (tertiary/aromatic N) is 1. The Bertz CT molecular complexity index is 652. The van der Waals surface area contributed by atoms with Crippen molar-refractivity contribution < 1.29 is 19.1 Å². The van der Waals surface area contributed by atoms with E-state index in [1.807, 2.05) is 4.90 Å². The van der Waals surface area contributed by atoms with Gasteiger partial charge in [0, 0.05) is 25.2 Å². The molecule has 2 heterocycles. The number of rotatable bonds is 3. The lowest BCUT2D eigenvalue weighted by Crippen LogP contribution is -2.47. The summed E-state index contributed by atoms with van der Waals surface area (Å²) in [5, 5.41) is 15.2. The summed E-state index contributed by atoms with van der Waals surface area (Å²) in [4.78, 5) is 24.8. The lowest BCUT2D eigenvalue weighted by atomic mass is 9.93. The molecule has 1 unspecified atom stereocenters. The molecule has 0 bridgehead atoms. The number of benzene rings is 1. The molecule has 2 aliphatic rings. The van der Waals surface area contributed by atoms with E-state index in [0.29, 0.717) is 43.7 Å². The number of amides is 2. The Morgan fingerprint density at radius 1 is 1.33 bits per heavy atom. The number of imide groups is 1. The van der Waals surface area contributed by atoms with E-state index in [1.54, 1.807) is 19.1 Å². The fraction of sp³-hybridized carbons (Fsp3) is 0.529. The van der Waals surface area contributed by atoms with Crippen LogP contribution in [0.2, 0.25) is 0 Å². The monoisotopic (exact) mass is 335 g/mol. The van der Waals surface area contributed by atoms with Gasteiger partial charge in [0.25, 0.3) is 0 Å². The maximum Gasteiger partial charge on any atom is 0.249 e. The fourth-order valence-electron chi connectivity index (χ4n) is 3.11. The quantitative estimate of drug-likeness (QED) is 0.728. The van der Waals surface area contributed by atoms with Crippen molar-refractivity contribution in [1.82, 2.24) is 5.32 Å². The molecule has 0 saturated carbocycles. The Kier molecular flexibility index (Phi) is 4.45. The Hall–Kier alpha value is -2.15. The van der Waals surface area contributed by atoms with Crippen molar-refractivity contribution in [1.29, 1.82) is 0 Å². The second-order valence-corrected chi connectivity index (χ2v) is 6.80. The van der Waals surface area contributed by atoms with Crippen LogP contribution in [0.5, 0.6) is 0 Å². The third kappa shape index (κ3) is 3.67. The van der Waals surface area contributed by atoms with E-state index in [1.165, 1.54) is 6.07 Å². The maximum atomic E-state index is 14.4. The molecule has 130 valence electrons. The lowest BCUT2D eigenvalue weighted by molar-refractivity contribution is -0.133. The van der Waals surface area contributed by atoms with Gasteiger partial charge < -0.3 is 15.3 Å². The molecule has 0 radical (unpaired) electrons. The van der Waals surface area contributed by atoms with E-state index in [0.717, 1.165) is 0 Å². The van der Waals surface area contributed by atoms with Crippen molar-refractivity contribution in [3.8, 4) is 0 Å². The first-order valence-electron chi connectivity index (χ1n) is 8.21. The third-order valence-corrected chi connectivity index (χ3v) is 4.71. The predicted molar refractivity (Wildman–Crippen MR) is 88.3 cm³/mol. The Morgan fingerprint density at radius 2 is 2.04 bits per heavy atom. The van der Waals surface area contributed by atoms with Crippen molar-refractivity contribution in [2.24, 2.45) is 0 Å². The van der Waals surface area contributed by atoms with Crippen molar-refractivity contribution in [2.45, 2.75) is 44.2 Å². The van der Waals surface area contributed by atoms with Crippen LogP contribution in [0.3, 0.4) is 0 Å². The fourth-order valence-corrected chi connectivity index (χ4v) is 3.11. The summed E-state index contributed by atoms with van der Waals surface area (Å²) in [5.74, 6) is -1.02. The van der Waals surface area contributed by atoms with Gasteiger partial charge in [0.05, 0.1) is 11.3 Å². The van der Waals surface area contributed by atoms with Crippen molar-refractivity contribution >= 4 is 23.2 Å². The largest absolute Gasteiger partial charge is 0.390 e. The third-order valence-electron chi connectivity index (χ3n) is 4.71. The van der Waals surface area contributed by atoms with Gasteiger partial charge in [0.15, 0.2) is 0 Å². The number of piperidine rings is 2. The first-order valence-corrected chi connectivity index (χ1v) is 8.21. The van der Waals surface area contributed by atoms with E-state index in [-0.39, 0.29) is 24.1 Å². The van der Waals surface area contributed by atoms with Crippen LogP contribution in [0.1, 0.15) is 32.6 Å². The van der Waals surface area contributed by atoms with E-state index in [9.17, 15) is 19.1 Å². The van der Waals surface area contributed by atoms with Crippen molar-refractivity contribution in [2.75, 3.05) is 23.3 Å². The van der Waals surface area contributed by atoms with Crippen LogP contribution in [0, 0.1) is 5.82 Å². The molecular weight excluding hydrogens is 313 g/mol. The summed E-state index contributed by atoms with van der Waals surface area (Å²) in [5.41, 5.74) is 0.328. The van der Waals surface area contributed by atoms with Crippen molar-refractivity contribution in [3.05, 3.63) is 24.0 Å². The molecule has 1 aromatic carbocycles. The highest BCUT2D eigenvalue weighted by Crippen LogP contribution is 2.29. The molecule has 24 heavy (non-hydrogen) atoms. The molecule has 2 aliphatic heterocycles. The summed E-state index contributed by atoms with van der Waals surface area (Å²) < 4.78 is 14.4. The van der Waals surface area contributed by atoms with Gasteiger partial charge in [-0.3, -0.25) is 14.9 Å². The first kappa shape index (κ1) is 16.7. The normalized spacial score (nSPS) is 23.8. The summed E-state index contributed by atoms with van der Waals surface area (Å²) in [7, 11) is 0. The first-order chi connectivity index (χ1) is 11.3. The number of nitrogens with one attached hydrogen (secondary N) is 2. The molecule has 2 saturated heterocycles. The number of anilines is 2. The molecule has 0 spiro atoms. The minimum absolute atomic E-state index is 0.275. The predicted octanol–water partition coefficient (Wildman–Crippen LogP) is 1.39. The number of carbonyl (C=O) groups is 2. The van der Waals surface area contributed by atoms with E-state index in [4.69, 9.17) is 0 Å². The number of aliphatic hydroxyl groups is 1. The highest BCUT2D eigenvalue weighted by atomic mass is 19.1. The van der Waals surface area contributed by atoms with Gasteiger partial charge in [-0.1, -0.05) is 0 Å². The van der Waals surface area contributed by atoms with Crippen LogP contribution in [0.15, 0.2) is 18.2 Å². The minimum Gasteiger partial charge on any atom is -0.390 e. The Morgan fingerprint density at radius 3 is 2.67 bits per heavy atom. The SMILES string of the molecule is CC1(O)CCN(c2ccc(NC3CCC(=O)NC3=O)cc2F)CC1. The average molecular weight is 335 g/mol. The zero-order valence-corrected chi connectivity index (χ0v) is 13.6. The smallest absolute Gasteiger partial charge is 0.249 e. The second kappa shape index (κ2) is 6.39. The minimum atomic E-state index is -0.680. The van der Waals surface area contributed by atoms with Crippen LogP contribution < -0.4 is 15.5 Å². The molecule has 2 fully saturated rings. The van der Waals surface area contributed by atoms with Gasteiger partial charge in [0.2, 0.25) is 11.8 Å². The highest BCUT2D eigenvalue weighted by Gasteiger charge is 2.29. The zero-order chi connectivity index (χ0) is 17.3. The van der Waals surface area contributed by atoms with Gasteiger partial charge in [-0.05, 0) is 44.4 Å². The van der Waals surface area contributed by atoms with Gasteiger partial charge in [0.1, 0.15) is 11.9 Å². The lowest BCUT2D eigenvalue weighted by Gasteiger charge is -2.37. The van der Waals surface area contributed by atoms with Crippen LogP contribution in [0.4, 0.5) is 15.8 Å². The van der Waals surface area contributed by atoms with Crippen LogP contribution >= 0.6 is 0 Å². The Balaban J connectivity index is 1.67.